The van der Waals surface area contributed by atoms with Gasteiger partial charge >= 0.3 is 0 Å². The zero-order valence-electron chi connectivity index (χ0n) is 15.7. The normalized spacial score (nSPS) is 15.2. The summed E-state index contributed by atoms with van der Waals surface area (Å²) in [5.74, 6) is 0.336. The van der Waals surface area contributed by atoms with Crippen molar-refractivity contribution in [3.8, 4) is 5.75 Å². The van der Waals surface area contributed by atoms with E-state index in [0.29, 0.717) is 25.4 Å². The summed E-state index contributed by atoms with van der Waals surface area (Å²) in [6.07, 6.45) is 2.68. The lowest BCUT2D eigenvalue weighted by atomic mass is 10.2. The predicted molar refractivity (Wildman–Crippen MR) is 108 cm³/mol. The molecule has 1 saturated heterocycles. The highest BCUT2D eigenvalue weighted by molar-refractivity contribution is 7.89. The van der Waals surface area contributed by atoms with Crippen molar-refractivity contribution >= 4 is 27.5 Å². The third kappa shape index (κ3) is 4.66. The number of rotatable bonds is 6. The Labute approximate surface area is 170 Å². The van der Waals surface area contributed by atoms with Crippen LogP contribution in [0.15, 0.2) is 47.4 Å². The van der Waals surface area contributed by atoms with Crippen molar-refractivity contribution < 1.29 is 17.9 Å². The maximum absolute atomic E-state index is 12.9. The van der Waals surface area contributed by atoms with Crippen LogP contribution in [-0.2, 0) is 16.6 Å². The van der Waals surface area contributed by atoms with Crippen LogP contribution in [0.1, 0.15) is 35.2 Å². The molecular formula is C20H23ClN2O4S. The smallest absolute Gasteiger partial charge is 0.251 e. The van der Waals surface area contributed by atoms with Crippen LogP contribution < -0.4 is 10.1 Å². The Bertz CT molecular complexity index is 956. The number of nitrogens with one attached hydrogen (secondary N) is 1. The quantitative estimate of drug-likeness (QED) is 0.773. The molecule has 8 heteroatoms. The Balaban J connectivity index is 1.77. The van der Waals surface area contributed by atoms with E-state index in [9.17, 15) is 13.2 Å². The Kier molecular flexibility index (Phi) is 6.59. The number of halogens is 1. The fourth-order valence-electron chi connectivity index (χ4n) is 3.15. The molecule has 1 amide bonds. The minimum atomic E-state index is -3.72. The average Bonchev–Trinajstić information content (AvgIpc) is 2.73. The molecule has 0 aromatic heterocycles. The second-order valence-electron chi connectivity index (χ2n) is 6.64. The minimum absolute atomic E-state index is 0.0231. The number of methoxy groups -OCH3 is 1. The Morgan fingerprint density at radius 1 is 1.14 bits per heavy atom. The van der Waals surface area contributed by atoms with Crippen molar-refractivity contribution in [2.24, 2.45) is 0 Å². The fraction of sp³-hybridized carbons (Fsp3) is 0.350. The van der Waals surface area contributed by atoms with Crippen LogP contribution in [0.5, 0.6) is 5.75 Å². The topological polar surface area (TPSA) is 75.7 Å². The number of carbonyl (C=O) groups excluding carboxylic acids is 1. The summed E-state index contributed by atoms with van der Waals surface area (Å²) in [6.45, 7) is 1.25. The molecule has 0 aliphatic carbocycles. The van der Waals surface area contributed by atoms with Gasteiger partial charge in [0.1, 0.15) is 10.6 Å². The van der Waals surface area contributed by atoms with Gasteiger partial charge in [-0.15, -0.1) is 0 Å². The third-order valence-electron chi connectivity index (χ3n) is 4.71. The summed E-state index contributed by atoms with van der Waals surface area (Å²) in [7, 11) is -2.14. The molecule has 0 radical (unpaired) electrons. The SMILES string of the molecule is COc1cccc(CNC(=O)c2ccc(Cl)c(S(=O)(=O)N3CCCCC3)c2)c1. The highest BCUT2D eigenvalue weighted by Gasteiger charge is 2.28. The summed E-state index contributed by atoms with van der Waals surface area (Å²) in [5, 5.41) is 2.92. The molecule has 28 heavy (non-hydrogen) atoms. The standard InChI is InChI=1S/C20H23ClN2O4S/c1-27-17-7-5-6-15(12-17)14-22-20(24)16-8-9-18(21)19(13-16)28(25,26)23-10-3-2-4-11-23/h5-9,12-13H,2-4,10-11,14H2,1H3,(H,22,24). The zero-order valence-corrected chi connectivity index (χ0v) is 17.2. The number of hydrogen-bond acceptors (Lipinski definition) is 4. The Morgan fingerprint density at radius 3 is 2.61 bits per heavy atom. The molecule has 1 aliphatic heterocycles. The second-order valence-corrected chi connectivity index (χ2v) is 8.96. The highest BCUT2D eigenvalue weighted by Crippen LogP contribution is 2.28. The van der Waals surface area contributed by atoms with Gasteiger partial charge in [0.25, 0.3) is 5.91 Å². The van der Waals surface area contributed by atoms with Crippen molar-refractivity contribution in [3.63, 3.8) is 0 Å². The van der Waals surface area contributed by atoms with Gasteiger partial charge in [0, 0.05) is 25.2 Å². The molecule has 3 rings (SSSR count). The molecule has 1 fully saturated rings. The second kappa shape index (κ2) is 8.94. The van der Waals surface area contributed by atoms with Gasteiger partial charge in [0.05, 0.1) is 12.1 Å². The van der Waals surface area contributed by atoms with E-state index < -0.39 is 10.0 Å². The van der Waals surface area contributed by atoms with E-state index in [0.717, 1.165) is 24.8 Å². The first kappa shape index (κ1) is 20.6. The first-order chi connectivity index (χ1) is 13.4. The minimum Gasteiger partial charge on any atom is -0.497 e. The van der Waals surface area contributed by atoms with Crippen LogP contribution >= 0.6 is 11.6 Å². The Morgan fingerprint density at radius 2 is 1.89 bits per heavy atom. The lowest BCUT2D eigenvalue weighted by Gasteiger charge is -2.26. The number of nitrogens with zero attached hydrogens (tertiary/aromatic N) is 1. The number of carbonyl (C=O) groups is 1. The predicted octanol–water partition coefficient (Wildman–Crippen LogP) is 3.45. The van der Waals surface area contributed by atoms with E-state index in [-0.39, 0.29) is 21.4 Å². The Hall–Kier alpha value is -2.09. The molecule has 0 unspecified atom stereocenters. The van der Waals surface area contributed by atoms with Crippen molar-refractivity contribution in [1.29, 1.82) is 0 Å². The molecule has 1 N–H and O–H groups in total. The van der Waals surface area contributed by atoms with Gasteiger partial charge in [-0.25, -0.2) is 8.42 Å². The van der Waals surface area contributed by atoms with Gasteiger partial charge in [-0.3, -0.25) is 4.79 Å². The monoisotopic (exact) mass is 422 g/mol. The summed E-state index contributed by atoms with van der Waals surface area (Å²) in [4.78, 5) is 12.5. The lowest BCUT2D eigenvalue weighted by Crippen LogP contribution is -2.36. The lowest BCUT2D eigenvalue weighted by molar-refractivity contribution is 0.0950. The largest absolute Gasteiger partial charge is 0.497 e. The number of piperidine rings is 1. The van der Waals surface area contributed by atoms with Crippen molar-refractivity contribution in [2.45, 2.75) is 30.7 Å². The molecule has 0 atom stereocenters. The van der Waals surface area contributed by atoms with Crippen LogP contribution in [0.4, 0.5) is 0 Å². The van der Waals surface area contributed by atoms with Gasteiger partial charge in [-0.05, 0) is 48.7 Å². The molecule has 0 saturated carbocycles. The summed E-state index contributed by atoms with van der Waals surface area (Å²) in [5.41, 5.74) is 1.13. The van der Waals surface area contributed by atoms with Crippen molar-refractivity contribution in [1.82, 2.24) is 9.62 Å². The molecular weight excluding hydrogens is 400 g/mol. The van der Waals surface area contributed by atoms with Gasteiger partial charge in [0.2, 0.25) is 10.0 Å². The number of ether oxygens (including phenoxy) is 1. The molecule has 1 aliphatic rings. The maximum atomic E-state index is 12.9. The molecule has 150 valence electrons. The first-order valence-corrected chi connectivity index (χ1v) is 10.9. The van der Waals surface area contributed by atoms with E-state index in [1.165, 1.54) is 22.5 Å². The molecule has 2 aromatic carbocycles. The molecule has 1 heterocycles. The third-order valence-corrected chi connectivity index (χ3v) is 7.09. The first-order valence-electron chi connectivity index (χ1n) is 9.12. The summed E-state index contributed by atoms with van der Waals surface area (Å²) >= 11 is 6.16. The van der Waals surface area contributed by atoms with Crippen LogP contribution in [0.3, 0.4) is 0 Å². The van der Waals surface area contributed by atoms with E-state index in [4.69, 9.17) is 16.3 Å². The van der Waals surface area contributed by atoms with Crippen LogP contribution in [0.2, 0.25) is 5.02 Å². The number of hydrogen-bond donors (Lipinski definition) is 1. The summed E-state index contributed by atoms with van der Waals surface area (Å²) < 4.78 is 32.5. The van der Waals surface area contributed by atoms with Gasteiger partial charge in [-0.2, -0.15) is 4.31 Å². The number of sulfonamides is 1. The van der Waals surface area contributed by atoms with Gasteiger partial charge < -0.3 is 10.1 Å². The average molecular weight is 423 g/mol. The van der Waals surface area contributed by atoms with E-state index in [1.807, 2.05) is 24.3 Å². The van der Waals surface area contributed by atoms with Crippen molar-refractivity contribution in [2.75, 3.05) is 20.2 Å². The zero-order chi connectivity index (χ0) is 20.1. The van der Waals surface area contributed by atoms with E-state index >= 15 is 0 Å². The van der Waals surface area contributed by atoms with E-state index in [1.54, 1.807) is 7.11 Å². The van der Waals surface area contributed by atoms with Crippen LogP contribution in [0, 0.1) is 0 Å². The van der Waals surface area contributed by atoms with Crippen LogP contribution in [0.25, 0.3) is 0 Å². The fourth-order valence-corrected chi connectivity index (χ4v) is 5.17. The molecule has 2 aromatic rings. The van der Waals surface area contributed by atoms with E-state index in [2.05, 4.69) is 5.32 Å². The molecule has 0 bridgehead atoms. The molecule has 0 spiro atoms. The van der Waals surface area contributed by atoms with Crippen molar-refractivity contribution in [3.05, 3.63) is 58.6 Å². The van der Waals surface area contributed by atoms with Gasteiger partial charge in [0.15, 0.2) is 0 Å². The number of benzene rings is 2. The maximum Gasteiger partial charge on any atom is 0.251 e. The van der Waals surface area contributed by atoms with Gasteiger partial charge in [-0.1, -0.05) is 30.2 Å². The number of amides is 1. The molecule has 6 nitrogen and oxygen atoms in total. The summed E-state index contributed by atoms with van der Waals surface area (Å²) in [6, 6.07) is 11.7. The highest BCUT2D eigenvalue weighted by atomic mass is 35.5. The van der Waals surface area contributed by atoms with Crippen LogP contribution in [-0.4, -0.2) is 38.8 Å².